The number of carbonyl (C=O) groups excluding carboxylic acids is 1. The van der Waals surface area contributed by atoms with Crippen molar-refractivity contribution in [3.63, 3.8) is 0 Å². The van der Waals surface area contributed by atoms with Gasteiger partial charge in [0, 0.05) is 12.7 Å². The molecule has 3 rings (SSSR count). The van der Waals surface area contributed by atoms with E-state index in [4.69, 9.17) is 11.2 Å². The van der Waals surface area contributed by atoms with E-state index in [1.807, 2.05) is 53.9 Å². The van der Waals surface area contributed by atoms with Crippen LogP contribution >= 0.6 is 0 Å². The zero-order valence-corrected chi connectivity index (χ0v) is 15.4. The smallest absolute Gasteiger partial charge is 0.407 e. The average Bonchev–Trinajstić information content (AvgIpc) is 3.01. The number of hydrogen-bond acceptors (Lipinski definition) is 4. The van der Waals surface area contributed by atoms with Crippen molar-refractivity contribution in [3.8, 4) is 18.1 Å². The van der Waals surface area contributed by atoms with Crippen LogP contribution in [0.1, 0.15) is 22.5 Å². The quantitative estimate of drug-likeness (QED) is 0.683. The van der Waals surface area contributed by atoms with Crippen LogP contribution in [0.3, 0.4) is 0 Å². The number of pyridine rings is 1. The molecular formula is C21H21N3O3. The van der Waals surface area contributed by atoms with Gasteiger partial charge in [0.1, 0.15) is 6.61 Å². The predicted molar refractivity (Wildman–Crippen MR) is 102 cm³/mol. The SMILES string of the molecule is C#CCc1c(C)nc2c(OCc3ccccc3CNC(=O)OC)cccn12. The molecule has 6 nitrogen and oxygen atoms in total. The first kappa shape index (κ1) is 18.3. The zero-order valence-electron chi connectivity index (χ0n) is 15.4. The lowest BCUT2D eigenvalue weighted by Gasteiger charge is -2.12. The first-order valence-corrected chi connectivity index (χ1v) is 8.55. The number of fused-ring (bicyclic) bond motifs is 1. The molecule has 1 N–H and O–H groups in total. The molecule has 27 heavy (non-hydrogen) atoms. The highest BCUT2D eigenvalue weighted by Crippen LogP contribution is 2.23. The Morgan fingerprint density at radius 3 is 2.78 bits per heavy atom. The van der Waals surface area contributed by atoms with E-state index in [0.29, 0.717) is 25.3 Å². The number of carbonyl (C=O) groups is 1. The number of benzene rings is 1. The van der Waals surface area contributed by atoms with E-state index in [0.717, 1.165) is 28.2 Å². The molecule has 0 saturated heterocycles. The number of imidazole rings is 1. The summed E-state index contributed by atoms with van der Waals surface area (Å²) in [6.45, 7) is 2.66. The monoisotopic (exact) mass is 363 g/mol. The molecule has 2 aromatic heterocycles. The third-order valence-corrected chi connectivity index (χ3v) is 4.29. The van der Waals surface area contributed by atoms with Gasteiger partial charge in [-0.05, 0) is 30.2 Å². The largest absolute Gasteiger partial charge is 0.485 e. The molecule has 0 fully saturated rings. The van der Waals surface area contributed by atoms with Gasteiger partial charge >= 0.3 is 6.09 Å². The molecule has 138 valence electrons. The number of ether oxygens (including phenoxy) is 2. The molecule has 0 radical (unpaired) electrons. The summed E-state index contributed by atoms with van der Waals surface area (Å²) < 4.78 is 12.6. The van der Waals surface area contributed by atoms with Crippen molar-refractivity contribution in [2.75, 3.05) is 7.11 Å². The molecule has 0 unspecified atom stereocenters. The van der Waals surface area contributed by atoms with Gasteiger partial charge in [-0.15, -0.1) is 12.3 Å². The molecule has 0 aliphatic carbocycles. The van der Waals surface area contributed by atoms with Crippen molar-refractivity contribution >= 4 is 11.7 Å². The van der Waals surface area contributed by atoms with Crippen molar-refractivity contribution < 1.29 is 14.3 Å². The van der Waals surface area contributed by atoms with Crippen molar-refractivity contribution in [2.24, 2.45) is 0 Å². The predicted octanol–water partition coefficient (Wildman–Crippen LogP) is 3.25. The summed E-state index contributed by atoms with van der Waals surface area (Å²) in [6, 6.07) is 11.6. The van der Waals surface area contributed by atoms with Gasteiger partial charge in [-0.3, -0.25) is 4.40 Å². The van der Waals surface area contributed by atoms with Gasteiger partial charge in [0.15, 0.2) is 11.4 Å². The van der Waals surface area contributed by atoms with Gasteiger partial charge in [-0.25, -0.2) is 9.78 Å². The number of nitrogens with zero attached hydrogens (tertiary/aromatic N) is 2. The van der Waals surface area contributed by atoms with Gasteiger partial charge in [-0.2, -0.15) is 0 Å². The molecule has 1 aromatic carbocycles. The van der Waals surface area contributed by atoms with Crippen LogP contribution < -0.4 is 10.1 Å². The van der Waals surface area contributed by atoms with Crippen LogP contribution in [-0.4, -0.2) is 22.6 Å². The maximum absolute atomic E-state index is 11.3. The fraction of sp³-hybridized carbons (Fsp3) is 0.238. The molecular weight excluding hydrogens is 342 g/mol. The third kappa shape index (κ3) is 4.04. The fourth-order valence-electron chi connectivity index (χ4n) is 2.89. The second kappa shape index (κ2) is 8.28. The molecule has 1 amide bonds. The zero-order chi connectivity index (χ0) is 19.2. The Bertz CT molecular complexity index is 1000. The van der Waals surface area contributed by atoms with Gasteiger partial charge in [0.25, 0.3) is 0 Å². The molecule has 0 aliphatic rings. The second-order valence-electron chi connectivity index (χ2n) is 5.99. The topological polar surface area (TPSA) is 64.9 Å². The van der Waals surface area contributed by atoms with Crippen molar-refractivity contribution in [1.29, 1.82) is 0 Å². The average molecular weight is 363 g/mol. The molecule has 0 aliphatic heterocycles. The maximum atomic E-state index is 11.3. The minimum Gasteiger partial charge on any atom is -0.485 e. The summed E-state index contributed by atoms with van der Waals surface area (Å²) >= 11 is 0. The Balaban J connectivity index is 1.81. The summed E-state index contributed by atoms with van der Waals surface area (Å²) in [7, 11) is 1.34. The van der Waals surface area contributed by atoms with Crippen LogP contribution in [0.4, 0.5) is 4.79 Å². The van der Waals surface area contributed by atoms with Crippen LogP contribution in [0.15, 0.2) is 42.6 Å². The number of terminal acetylenes is 1. The minimum absolute atomic E-state index is 0.356. The lowest BCUT2D eigenvalue weighted by Crippen LogP contribution is -2.23. The molecule has 0 spiro atoms. The highest BCUT2D eigenvalue weighted by molar-refractivity contribution is 5.67. The van der Waals surface area contributed by atoms with Gasteiger partial charge in [-0.1, -0.05) is 24.3 Å². The lowest BCUT2D eigenvalue weighted by atomic mass is 10.1. The highest BCUT2D eigenvalue weighted by Gasteiger charge is 2.12. The Labute approximate surface area is 158 Å². The van der Waals surface area contributed by atoms with E-state index in [1.165, 1.54) is 7.11 Å². The van der Waals surface area contributed by atoms with E-state index < -0.39 is 6.09 Å². The number of rotatable bonds is 6. The van der Waals surface area contributed by atoms with Gasteiger partial charge in [0.05, 0.1) is 24.9 Å². The number of methoxy groups -OCH3 is 1. The van der Waals surface area contributed by atoms with Crippen LogP contribution in [-0.2, 0) is 24.3 Å². The molecule has 0 bridgehead atoms. The Morgan fingerprint density at radius 1 is 1.26 bits per heavy atom. The molecule has 2 heterocycles. The summed E-state index contributed by atoms with van der Waals surface area (Å²) in [5, 5.41) is 2.69. The number of nitrogens with one attached hydrogen (secondary N) is 1. The van der Waals surface area contributed by atoms with E-state index in [2.05, 4.69) is 21.0 Å². The maximum Gasteiger partial charge on any atom is 0.407 e. The number of alkyl carbamates (subject to hydrolysis) is 1. The lowest BCUT2D eigenvalue weighted by molar-refractivity contribution is 0.170. The Morgan fingerprint density at radius 2 is 2.04 bits per heavy atom. The minimum atomic E-state index is -0.468. The molecule has 0 saturated carbocycles. The molecule has 3 aromatic rings. The second-order valence-corrected chi connectivity index (χ2v) is 5.99. The fourth-order valence-corrected chi connectivity index (χ4v) is 2.89. The van der Waals surface area contributed by atoms with Crippen LogP contribution in [0.5, 0.6) is 5.75 Å². The Hall–Kier alpha value is -3.46. The first-order chi connectivity index (χ1) is 13.1. The highest BCUT2D eigenvalue weighted by atomic mass is 16.5. The summed E-state index contributed by atoms with van der Waals surface area (Å²) in [5.41, 5.74) is 4.56. The third-order valence-electron chi connectivity index (χ3n) is 4.29. The Kier molecular flexibility index (Phi) is 5.62. The van der Waals surface area contributed by atoms with E-state index in [1.54, 1.807) is 0 Å². The van der Waals surface area contributed by atoms with Crippen molar-refractivity contribution in [2.45, 2.75) is 26.5 Å². The molecule has 6 heteroatoms. The van der Waals surface area contributed by atoms with Crippen LogP contribution in [0, 0.1) is 19.3 Å². The van der Waals surface area contributed by atoms with Crippen LogP contribution in [0.25, 0.3) is 5.65 Å². The van der Waals surface area contributed by atoms with Crippen molar-refractivity contribution in [3.05, 3.63) is 65.1 Å². The van der Waals surface area contributed by atoms with E-state index in [-0.39, 0.29) is 0 Å². The summed E-state index contributed by atoms with van der Waals surface area (Å²) in [5.74, 6) is 3.35. The van der Waals surface area contributed by atoms with E-state index >= 15 is 0 Å². The van der Waals surface area contributed by atoms with Crippen molar-refractivity contribution in [1.82, 2.24) is 14.7 Å². The standard InChI is InChI=1S/C21H21N3O3/c1-4-8-18-15(2)23-20-19(11-7-12-24(18)20)27-14-17-10-6-5-9-16(17)13-22-21(25)26-3/h1,5-7,9-12H,8,13-14H2,2-3H3,(H,22,25). The number of aryl methyl sites for hydroxylation is 1. The van der Waals surface area contributed by atoms with Gasteiger partial charge in [0.2, 0.25) is 0 Å². The molecule has 0 atom stereocenters. The summed E-state index contributed by atoms with van der Waals surface area (Å²) in [4.78, 5) is 15.9. The van der Waals surface area contributed by atoms with E-state index in [9.17, 15) is 4.79 Å². The van der Waals surface area contributed by atoms with Crippen LogP contribution in [0.2, 0.25) is 0 Å². The normalized spacial score (nSPS) is 10.4. The number of aromatic nitrogens is 2. The first-order valence-electron chi connectivity index (χ1n) is 8.55. The summed E-state index contributed by atoms with van der Waals surface area (Å²) in [6.07, 6.45) is 7.45. The van der Waals surface area contributed by atoms with Gasteiger partial charge < -0.3 is 14.8 Å². The number of amides is 1. The number of hydrogen-bond donors (Lipinski definition) is 1.